The van der Waals surface area contributed by atoms with Crippen LogP contribution >= 0.6 is 0 Å². The largest absolute Gasteiger partial charge is 0.319 e. The van der Waals surface area contributed by atoms with Crippen molar-refractivity contribution in [3.05, 3.63) is 174 Å². The Morgan fingerprint density at radius 3 is 1.54 bits per heavy atom. The van der Waals surface area contributed by atoms with Crippen molar-refractivity contribution in [3.8, 4) is 45.8 Å². The normalized spacial score (nSPS) is 11.1. The Hall–Kier alpha value is -7.39. The van der Waals surface area contributed by atoms with Crippen LogP contribution < -0.4 is 0 Å². The van der Waals surface area contributed by atoms with E-state index in [0.717, 1.165) is 66.0 Å². The summed E-state index contributed by atoms with van der Waals surface area (Å²) in [5.41, 5.74) is 10.7. The Balaban J connectivity index is 1.29. The van der Waals surface area contributed by atoms with Gasteiger partial charge in [0.25, 0.3) is 0 Å². The number of nitrogens with zero attached hydrogens (tertiary/aromatic N) is 5. The zero-order valence-corrected chi connectivity index (χ0v) is 26.7. The highest BCUT2D eigenvalue weighted by molar-refractivity contribution is 6.11. The highest BCUT2D eigenvalue weighted by Gasteiger charge is 2.21. The lowest BCUT2D eigenvalue weighted by atomic mass is 9.90. The molecule has 2 aromatic heterocycles. The average Bonchev–Trinajstić information content (AvgIpc) is 3.70. The predicted molar refractivity (Wildman–Crippen MR) is 202 cm³/mol. The van der Waals surface area contributed by atoms with Gasteiger partial charge in [-0.15, -0.1) is 0 Å². The van der Waals surface area contributed by atoms with Gasteiger partial charge in [0.2, 0.25) is 5.69 Å². The van der Waals surface area contributed by atoms with Crippen LogP contribution in [0.1, 0.15) is 11.1 Å². The molecule has 0 atom stereocenters. The third-order valence-corrected chi connectivity index (χ3v) is 9.63. The lowest BCUT2D eigenvalue weighted by Crippen LogP contribution is -1.99. The molecule has 0 N–H and O–H groups in total. The minimum Gasteiger partial charge on any atom is -0.319 e. The number of aromatic nitrogens is 2. The van der Waals surface area contributed by atoms with Crippen molar-refractivity contribution < 1.29 is 0 Å². The van der Waals surface area contributed by atoms with Crippen LogP contribution in [0.5, 0.6) is 0 Å². The van der Waals surface area contributed by atoms with E-state index >= 15 is 0 Å². The summed E-state index contributed by atoms with van der Waals surface area (Å²) in [6, 6.07) is 55.3. The number of hydrogen-bond donors (Lipinski definition) is 0. The molecule has 9 rings (SSSR count). The van der Waals surface area contributed by atoms with E-state index in [4.69, 9.17) is 6.57 Å². The van der Waals surface area contributed by atoms with Crippen molar-refractivity contribution in [1.82, 2.24) is 9.13 Å². The zero-order chi connectivity index (χ0) is 33.8. The Morgan fingerprint density at radius 2 is 0.940 bits per heavy atom. The number of nitriles is 2. The Bertz CT molecular complexity index is 2920. The minimum atomic E-state index is 0.462. The van der Waals surface area contributed by atoms with E-state index in [1.54, 1.807) is 0 Å². The number of fused-ring (bicyclic) bond motifs is 6. The van der Waals surface area contributed by atoms with Crippen LogP contribution in [-0.4, -0.2) is 9.13 Å². The first-order chi connectivity index (χ1) is 24.7. The topological polar surface area (TPSA) is 61.8 Å². The monoisotopic (exact) mass is 635 g/mol. The quantitative estimate of drug-likeness (QED) is 0.181. The molecule has 5 heteroatoms. The summed E-state index contributed by atoms with van der Waals surface area (Å²) in [4.78, 5) is 4.04. The van der Waals surface area contributed by atoms with Crippen LogP contribution in [-0.2, 0) is 0 Å². The fraction of sp³-hybridized carbons (Fsp3) is 0. The molecule has 0 unspecified atom stereocenters. The number of hydrogen-bond acceptors (Lipinski definition) is 2. The van der Waals surface area contributed by atoms with Gasteiger partial charge in [-0.25, -0.2) is 4.85 Å². The lowest BCUT2D eigenvalue weighted by molar-refractivity contribution is 1.18. The molecule has 50 heavy (non-hydrogen) atoms. The second kappa shape index (κ2) is 11.4. The molecule has 0 aliphatic carbocycles. The van der Waals surface area contributed by atoms with E-state index in [1.807, 2.05) is 97.1 Å². The van der Waals surface area contributed by atoms with Crippen molar-refractivity contribution in [2.45, 2.75) is 0 Å². The average molecular weight is 636 g/mol. The molecule has 0 fully saturated rings. The van der Waals surface area contributed by atoms with Crippen LogP contribution in [0.2, 0.25) is 0 Å². The van der Waals surface area contributed by atoms with Gasteiger partial charge in [-0.2, -0.15) is 10.5 Å². The molecule has 0 aliphatic heterocycles. The van der Waals surface area contributed by atoms with Crippen LogP contribution in [0.4, 0.5) is 5.69 Å². The first-order valence-corrected chi connectivity index (χ1v) is 16.3. The molecule has 7 aromatic carbocycles. The van der Waals surface area contributed by atoms with Crippen LogP contribution in [0.15, 0.2) is 152 Å². The van der Waals surface area contributed by atoms with E-state index in [1.165, 1.54) is 0 Å². The third-order valence-electron chi connectivity index (χ3n) is 9.63. The maximum absolute atomic E-state index is 10.7. The minimum absolute atomic E-state index is 0.462. The van der Waals surface area contributed by atoms with Gasteiger partial charge < -0.3 is 9.13 Å². The third kappa shape index (κ3) is 4.24. The molecule has 5 nitrogen and oxygen atoms in total. The van der Waals surface area contributed by atoms with Crippen molar-refractivity contribution in [2.75, 3.05) is 0 Å². The van der Waals surface area contributed by atoms with Crippen molar-refractivity contribution in [1.29, 1.82) is 10.5 Å². The van der Waals surface area contributed by atoms with Gasteiger partial charge in [0.1, 0.15) is 0 Å². The van der Waals surface area contributed by atoms with Gasteiger partial charge in [-0.1, -0.05) is 97.1 Å². The van der Waals surface area contributed by atoms with Gasteiger partial charge in [0.15, 0.2) is 0 Å². The summed E-state index contributed by atoms with van der Waals surface area (Å²) in [7, 11) is 0. The molecular weight excluding hydrogens is 611 g/mol. The molecule has 0 radical (unpaired) electrons. The molecule has 9 aromatic rings. The van der Waals surface area contributed by atoms with Gasteiger partial charge in [0, 0.05) is 27.1 Å². The van der Waals surface area contributed by atoms with Gasteiger partial charge in [-0.3, -0.25) is 0 Å². The molecule has 0 saturated heterocycles. The number of para-hydroxylation sites is 4. The number of benzene rings is 7. The lowest BCUT2D eigenvalue weighted by Gasteiger charge is -2.18. The molecule has 0 saturated carbocycles. The van der Waals surface area contributed by atoms with Crippen molar-refractivity contribution >= 4 is 49.3 Å². The van der Waals surface area contributed by atoms with E-state index < -0.39 is 0 Å². The molecule has 230 valence electrons. The maximum Gasteiger partial charge on any atom is 0.211 e. The highest BCUT2D eigenvalue weighted by atomic mass is 15.0. The second-order valence-corrected chi connectivity index (χ2v) is 12.2. The van der Waals surface area contributed by atoms with Gasteiger partial charge in [0.05, 0.1) is 63.3 Å². The SMILES string of the molecule is [C-]#[N+]c1cc(-c2ccccc2-c2ccccc2-n2c3ccccc3c3cc(C#N)ccc32)c(C#N)cc1-n1c2ccccc2c2ccccc21. The van der Waals surface area contributed by atoms with Gasteiger partial charge >= 0.3 is 0 Å². The number of rotatable bonds is 4. The van der Waals surface area contributed by atoms with Crippen molar-refractivity contribution in [3.63, 3.8) is 0 Å². The highest BCUT2D eigenvalue weighted by Crippen LogP contribution is 2.43. The predicted octanol–water partition coefficient (Wildman–Crippen LogP) is 11.5. The Labute approximate surface area is 288 Å². The van der Waals surface area contributed by atoms with Crippen LogP contribution in [0.25, 0.3) is 82.1 Å². The molecule has 0 spiro atoms. The zero-order valence-electron chi connectivity index (χ0n) is 26.7. The summed E-state index contributed by atoms with van der Waals surface area (Å²) in [5.74, 6) is 0. The van der Waals surface area contributed by atoms with Crippen molar-refractivity contribution in [2.24, 2.45) is 0 Å². The van der Waals surface area contributed by atoms with E-state index in [-0.39, 0.29) is 0 Å². The fourth-order valence-corrected chi connectivity index (χ4v) is 7.49. The molecule has 0 bridgehead atoms. The molecule has 2 heterocycles. The summed E-state index contributed by atoms with van der Waals surface area (Å²) in [6.45, 7) is 8.32. The van der Waals surface area contributed by atoms with Crippen LogP contribution in [0.3, 0.4) is 0 Å². The van der Waals surface area contributed by atoms with E-state index in [9.17, 15) is 10.5 Å². The maximum atomic E-state index is 10.7. The fourth-order valence-electron chi connectivity index (χ4n) is 7.49. The summed E-state index contributed by atoms with van der Waals surface area (Å²) in [5, 5.41) is 24.6. The molecular formula is C45H25N5. The van der Waals surface area contributed by atoms with Crippen LogP contribution in [0, 0.1) is 29.2 Å². The second-order valence-electron chi connectivity index (χ2n) is 12.2. The standard InChI is InChI=1S/C45H25N5/c1-48-39-26-37(30(28-47)25-45(39)50-41-19-9-5-15-34(41)35-16-6-10-20-42(35)50)32-13-3-2-12-31(32)33-14-4-8-18-40(33)49-43-21-11-7-17-36(43)38-24-29(27-46)22-23-44(38)49/h2-26H. The Morgan fingerprint density at radius 1 is 0.440 bits per heavy atom. The first-order valence-electron chi connectivity index (χ1n) is 16.3. The molecule has 0 aliphatic rings. The molecule has 0 amide bonds. The summed E-state index contributed by atoms with van der Waals surface area (Å²) >= 11 is 0. The summed E-state index contributed by atoms with van der Waals surface area (Å²) in [6.07, 6.45) is 0. The smallest absolute Gasteiger partial charge is 0.211 e. The van der Waals surface area contributed by atoms with E-state index in [0.29, 0.717) is 28.1 Å². The Kier molecular flexibility index (Phi) is 6.56. The van der Waals surface area contributed by atoms with Gasteiger partial charge in [-0.05, 0) is 71.3 Å². The first kappa shape index (κ1) is 28.8. The van der Waals surface area contributed by atoms with E-state index in [2.05, 4.69) is 80.7 Å². The summed E-state index contributed by atoms with van der Waals surface area (Å²) < 4.78 is 4.35.